The predicted octanol–water partition coefficient (Wildman–Crippen LogP) is 2.63. The summed E-state index contributed by atoms with van der Waals surface area (Å²) in [6.07, 6.45) is 2.82. The Bertz CT molecular complexity index is 848. The molecule has 0 saturated heterocycles. The summed E-state index contributed by atoms with van der Waals surface area (Å²) in [5.74, 6) is 0.609. The molecule has 1 heterocycles. The third-order valence-corrected chi connectivity index (χ3v) is 4.82. The van der Waals surface area contributed by atoms with Crippen molar-refractivity contribution in [2.75, 3.05) is 18.5 Å². The molecular weight excluding hydrogens is 342 g/mol. The van der Waals surface area contributed by atoms with Gasteiger partial charge in [0.1, 0.15) is 5.75 Å². The zero-order chi connectivity index (χ0) is 18.6. The molecule has 4 rings (SSSR count). The lowest BCUT2D eigenvalue weighted by Gasteiger charge is -2.26. The highest BCUT2D eigenvalue weighted by molar-refractivity contribution is 6.00. The highest BCUT2D eigenvalue weighted by Crippen LogP contribution is 2.31. The molecule has 0 radical (unpaired) electrons. The van der Waals surface area contributed by atoms with Gasteiger partial charge in [-0.05, 0) is 31.0 Å². The van der Waals surface area contributed by atoms with E-state index in [2.05, 4.69) is 16.0 Å². The van der Waals surface area contributed by atoms with Gasteiger partial charge in [-0.15, -0.1) is 0 Å². The van der Waals surface area contributed by atoms with E-state index in [1.807, 2.05) is 42.5 Å². The minimum atomic E-state index is -0.117. The fourth-order valence-electron chi connectivity index (χ4n) is 3.24. The Balaban J connectivity index is 1.37. The Hall–Kier alpha value is -3.02. The maximum atomic E-state index is 12.4. The molecule has 1 aliphatic carbocycles. The number of benzene rings is 2. The molecule has 0 aromatic heterocycles. The molecule has 0 bridgehead atoms. The standard InChI is InChI=1S/C21H23N3O3/c25-20(24-18-11-12-27-19-8-4-2-5-15(18)19)13-22-17-7-3-1-6-16(17)21(26)23-14-9-10-14/h1-8,14,18,22H,9-13H2,(H,23,26)(H,24,25). The highest BCUT2D eigenvalue weighted by atomic mass is 16.5. The zero-order valence-corrected chi connectivity index (χ0v) is 15.0. The molecule has 1 atom stereocenters. The largest absolute Gasteiger partial charge is 0.493 e. The predicted molar refractivity (Wildman–Crippen MR) is 103 cm³/mol. The van der Waals surface area contributed by atoms with Crippen LogP contribution in [0.1, 0.15) is 41.2 Å². The minimum Gasteiger partial charge on any atom is -0.493 e. The molecule has 27 heavy (non-hydrogen) atoms. The number of para-hydroxylation sites is 2. The number of hydrogen-bond donors (Lipinski definition) is 3. The number of nitrogens with one attached hydrogen (secondary N) is 3. The first-order valence-corrected chi connectivity index (χ1v) is 9.35. The van der Waals surface area contributed by atoms with E-state index >= 15 is 0 Å². The van der Waals surface area contributed by atoms with Gasteiger partial charge in [-0.2, -0.15) is 0 Å². The van der Waals surface area contributed by atoms with Crippen molar-refractivity contribution in [2.24, 2.45) is 0 Å². The summed E-state index contributed by atoms with van der Waals surface area (Å²) >= 11 is 0. The summed E-state index contributed by atoms with van der Waals surface area (Å²) in [4.78, 5) is 24.8. The second-order valence-corrected chi connectivity index (χ2v) is 6.94. The lowest BCUT2D eigenvalue weighted by Crippen LogP contribution is -2.36. The number of carbonyl (C=O) groups is 2. The van der Waals surface area contributed by atoms with Gasteiger partial charge in [0.2, 0.25) is 5.91 Å². The Labute approximate surface area is 158 Å². The molecule has 2 aromatic carbocycles. The molecule has 0 spiro atoms. The summed E-state index contributed by atoms with van der Waals surface area (Å²) in [5.41, 5.74) is 2.23. The van der Waals surface area contributed by atoms with Crippen molar-refractivity contribution >= 4 is 17.5 Å². The maximum absolute atomic E-state index is 12.4. The first kappa shape index (κ1) is 17.4. The van der Waals surface area contributed by atoms with Gasteiger partial charge in [-0.25, -0.2) is 0 Å². The molecule has 1 fully saturated rings. The third kappa shape index (κ3) is 4.22. The first-order chi connectivity index (χ1) is 13.2. The van der Waals surface area contributed by atoms with E-state index in [0.29, 0.717) is 23.9 Å². The highest BCUT2D eigenvalue weighted by Gasteiger charge is 2.25. The number of carbonyl (C=O) groups excluding carboxylic acids is 2. The third-order valence-electron chi connectivity index (χ3n) is 4.82. The molecule has 1 aliphatic heterocycles. The summed E-state index contributed by atoms with van der Waals surface area (Å²) in [5, 5.41) is 9.13. The fraction of sp³-hybridized carbons (Fsp3) is 0.333. The normalized spacial score (nSPS) is 18.0. The van der Waals surface area contributed by atoms with Crippen LogP contribution in [0.2, 0.25) is 0 Å². The van der Waals surface area contributed by atoms with Crippen LogP contribution in [-0.4, -0.2) is 31.0 Å². The van der Waals surface area contributed by atoms with Gasteiger partial charge < -0.3 is 20.7 Å². The number of anilines is 1. The number of hydrogen-bond acceptors (Lipinski definition) is 4. The lowest BCUT2D eigenvalue weighted by atomic mass is 10.0. The molecule has 2 amide bonds. The zero-order valence-electron chi connectivity index (χ0n) is 15.0. The topological polar surface area (TPSA) is 79.5 Å². The average Bonchev–Trinajstić information content (AvgIpc) is 3.51. The van der Waals surface area contributed by atoms with Crippen molar-refractivity contribution < 1.29 is 14.3 Å². The van der Waals surface area contributed by atoms with Crippen molar-refractivity contribution in [3.05, 3.63) is 59.7 Å². The molecule has 6 heteroatoms. The Kier molecular flexibility index (Phi) is 4.96. The van der Waals surface area contributed by atoms with E-state index in [1.54, 1.807) is 6.07 Å². The summed E-state index contributed by atoms with van der Waals surface area (Å²) in [6.45, 7) is 0.687. The number of fused-ring (bicyclic) bond motifs is 1. The quantitative estimate of drug-likeness (QED) is 0.735. The SMILES string of the molecule is O=C(CNc1ccccc1C(=O)NC1CC1)NC1CCOc2ccccc21. The van der Waals surface area contributed by atoms with Gasteiger partial charge in [-0.3, -0.25) is 9.59 Å². The van der Waals surface area contributed by atoms with Crippen molar-refractivity contribution in [3.63, 3.8) is 0 Å². The van der Waals surface area contributed by atoms with E-state index in [-0.39, 0.29) is 24.4 Å². The van der Waals surface area contributed by atoms with Crippen LogP contribution >= 0.6 is 0 Å². The van der Waals surface area contributed by atoms with Crippen molar-refractivity contribution in [3.8, 4) is 5.75 Å². The first-order valence-electron chi connectivity index (χ1n) is 9.35. The average molecular weight is 365 g/mol. The van der Waals surface area contributed by atoms with Crippen LogP contribution in [-0.2, 0) is 4.79 Å². The van der Waals surface area contributed by atoms with Crippen LogP contribution in [0.4, 0.5) is 5.69 Å². The van der Waals surface area contributed by atoms with Gasteiger partial charge in [0.25, 0.3) is 5.91 Å². The van der Waals surface area contributed by atoms with Crippen LogP contribution in [0.25, 0.3) is 0 Å². The molecule has 1 unspecified atom stereocenters. The van der Waals surface area contributed by atoms with Gasteiger partial charge in [0.15, 0.2) is 0 Å². The van der Waals surface area contributed by atoms with E-state index in [0.717, 1.165) is 30.6 Å². The molecule has 140 valence electrons. The van der Waals surface area contributed by atoms with Crippen molar-refractivity contribution in [1.82, 2.24) is 10.6 Å². The Morgan fingerprint density at radius 2 is 1.74 bits per heavy atom. The van der Waals surface area contributed by atoms with Crippen LogP contribution < -0.4 is 20.7 Å². The van der Waals surface area contributed by atoms with Crippen LogP contribution in [0.3, 0.4) is 0 Å². The molecule has 3 N–H and O–H groups in total. The minimum absolute atomic E-state index is 0.0577. The van der Waals surface area contributed by atoms with Crippen LogP contribution in [0, 0.1) is 0 Å². The Morgan fingerprint density at radius 3 is 2.59 bits per heavy atom. The van der Waals surface area contributed by atoms with Crippen LogP contribution in [0.5, 0.6) is 5.75 Å². The van der Waals surface area contributed by atoms with Gasteiger partial charge in [-0.1, -0.05) is 30.3 Å². The molecular formula is C21H23N3O3. The van der Waals surface area contributed by atoms with Crippen molar-refractivity contribution in [1.29, 1.82) is 0 Å². The van der Waals surface area contributed by atoms with E-state index in [1.165, 1.54) is 0 Å². The summed E-state index contributed by atoms with van der Waals surface area (Å²) in [6, 6.07) is 15.3. The molecule has 1 saturated carbocycles. The summed E-state index contributed by atoms with van der Waals surface area (Å²) < 4.78 is 5.63. The van der Waals surface area contributed by atoms with Gasteiger partial charge >= 0.3 is 0 Å². The smallest absolute Gasteiger partial charge is 0.253 e. The Morgan fingerprint density at radius 1 is 0.963 bits per heavy atom. The lowest BCUT2D eigenvalue weighted by molar-refractivity contribution is -0.120. The van der Waals surface area contributed by atoms with E-state index in [4.69, 9.17) is 4.74 Å². The van der Waals surface area contributed by atoms with E-state index < -0.39 is 0 Å². The van der Waals surface area contributed by atoms with E-state index in [9.17, 15) is 9.59 Å². The monoisotopic (exact) mass is 365 g/mol. The fourth-order valence-corrected chi connectivity index (χ4v) is 3.24. The second kappa shape index (κ2) is 7.70. The number of ether oxygens (including phenoxy) is 1. The second-order valence-electron chi connectivity index (χ2n) is 6.94. The van der Waals surface area contributed by atoms with Gasteiger partial charge in [0.05, 0.1) is 24.8 Å². The molecule has 2 aliphatic rings. The number of amides is 2. The van der Waals surface area contributed by atoms with Gasteiger partial charge in [0, 0.05) is 23.7 Å². The molecule has 2 aromatic rings. The van der Waals surface area contributed by atoms with Crippen LogP contribution in [0.15, 0.2) is 48.5 Å². The number of rotatable bonds is 6. The molecule has 6 nitrogen and oxygen atoms in total. The summed E-state index contributed by atoms with van der Waals surface area (Å²) in [7, 11) is 0. The maximum Gasteiger partial charge on any atom is 0.253 e. The van der Waals surface area contributed by atoms with Crippen molar-refractivity contribution in [2.45, 2.75) is 31.3 Å².